The van der Waals surface area contributed by atoms with Gasteiger partial charge in [-0.2, -0.15) is 0 Å². The van der Waals surface area contributed by atoms with E-state index in [-0.39, 0.29) is 0 Å². The summed E-state index contributed by atoms with van der Waals surface area (Å²) in [6.07, 6.45) is 13.2. The van der Waals surface area contributed by atoms with E-state index in [0.29, 0.717) is 5.57 Å². The van der Waals surface area contributed by atoms with Crippen molar-refractivity contribution in [2.24, 2.45) is 5.92 Å². The summed E-state index contributed by atoms with van der Waals surface area (Å²) in [4.78, 5) is 15.1. The SMILES string of the molecule is O=C(O)C1=C(SCCCC2CCCCC2)N(Cc2cccs2)CC=C1. The van der Waals surface area contributed by atoms with Crippen molar-refractivity contribution >= 4 is 29.1 Å². The maximum Gasteiger partial charge on any atom is 0.338 e. The van der Waals surface area contributed by atoms with Crippen LogP contribution >= 0.6 is 23.1 Å². The normalized spacial score (nSPS) is 18.8. The average molecular weight is 378 g/mol. The van der Waals surface area contributed by atoms with Gasteiger partial charge < -0.3 is 10.0 Å². The molecule has 0 radical (unpaired) electrons. The van der Waals surface area contributed by atoms with Crippen molar-refractivity contribution in [1.82, 2.24) is 4.90 Å². The third kappa shape index (κ3) is 5.38. The van der Waals surface area contributed by atoms with Crippen LogP contribution in [0.2, 0.25) is 0 Å². The number of carbonyl (C=O) groups is 1. The molecule has 0 saturated heterocycles. The highest BCUT2D eigenvalue weighted by atomic mass is 32.2. The number of thioether (sulfide) groups is 1. The molecule has 2 aliphatic rings. The molecule has 25 heavy (non-hydrogen) atoms. The van der Waals surface area contributed by atoms with Crippen molar-refractivity contribution in [2.75, 3.05) is 12.3 Å². The Morgan fingerprint density at radius 3 is 2.88 bits per heavy atom. The Bertz CT molecular complexity index is 616. The van der Waals surface area contributed by atoms with E-state index in [0.717, 1.165) is 29.8 Å². The van der Waals surface area contributed by atoms with E-state index >= 15 is 0 Å². The van der Waals surface area contributed by atoms with Gasteiger partial charge in [-0.3, -0.25) is 0 Å². The third-order valence-corrected chi connectivity index (χ3v) is 7.11. The first-order chi connectivity index (χ1) is 12.2. The standard InChI is InChI=1S/C20H27NO2S2/c22-20(23)18-11-4-12-21(15-17-10-6-13-24-17)19(18)25-14-5-9-16-7-2-1-3-8-16/h4,6,10-11,13,16H,1-3,5,7-9,12,14-15H2,(H,22,23). The molecular weight excluding hydrogens is 350 g/mol. The molecule has 0 amide bonds. The number of nitrogens with zero attached hydrogens (tertiary/aromatic N) is 1. The van der Waals surface area contributed by atoms with Gasteiger partial charge in [-0.05, 0) is 42.0 Å². The maximum atomic E-state index is 11.6. The fourth-order valence-electron chi connectivity index (χ4n) is 3.70. The fraction of sp³-hybridized carbons (Fsp3) is 0.550. The molecule has 0 bridgehead atoms. The van der Waals surface area contributed by atoms with Gasteiger partial charge in [-0.25, -0.2) is 4.79 Å². The van der Waals surface area contributed by atoms with Gasteiger partial charge in [-0.15, -0.1) is 23.1 Å². The summed E-state index contributed by atoms with van der Waals surface area (Å²) in [6.45, 7) is 1.59. The topological polar surface area (TPSA) is 40.5 Å². The number of hydrogen-bond acceptors (Lipinski definition) is 4. The number of aliphatic carboxylic acids is 1. The zero-order valence-corrected chi connectivity index (χ0v) is 16.3. The van der Waals surface area contributed by atoms with E-state index in [2.05, 4.69) is 22.4 Å². The van der Waals surface area contributed by atoms with Crippen molar-refractivity contribution in [2.45, 2.75) is 51.5 Å². The van der Waals surface area contributed by atoms with Crippen molar-refractivity contribution in [3.05, 3.63) is 45.1 Å². The molecule has 5 heteroatoms. The molecule has 0 aromatic carbocycles. The first kappa shape index (κ1) is 18.6. The molecule has 0 atom stereocenters. The molecular formula is C20H27NO2S2. The molecule has 3 nitrogen and oxygen atoms in total. The van der Waals surface area contributed by atoms with Gasteiger partial charge in [0.2, 0.25) is 0 Å². The van der Waals surface area contributed by atoms with Gasteiger partial charge in [0, 0.05) is 11.4 Å². The average Bonchev–Trinajstić information content (AvgIpc) is 3.13. The Hall–Kier alpha value is -1.20. The van der Waals surface area contributed by atoms with Crippen LogP contribution in [0.1, 0.15) is 49.8 Å². The minimum Gasteiger partial charge on any atom is -0.478 e. The highest BCUT2D eigenvalue weighted by Gasteiger charge is 2.22. The maximum absolute atomic E-state index is 11.6. The number of carboxylic acid groups (broad SMARTS) is 1. The highest BCUT2D eigenvalue weighted by Crippen LogP contribution is 2.33. The zero-order chi connectivity index (χ0) is 17.5. The van der Waals surface area contributed by atoms with E-state index in [4.69, 9.17) is 0 Å². The number of rotatable bonds is 8. The zero-order valence-electron chi connectivity index (χ0n) is 14.7. The molecule has 1 aliphatic carbocycles. The molecule has 1 fully saturated rings. The first-order valence-electron chi connectivity index (χ1n) is 9.28. The summed E-state index contributed by atoms with van der Waals surface area (Å²) in [7, 11) is 0. The van der Waals surface area contributed by atoms with Gasteiger partial charge in [0.25, 0.3) is 0 Å². The van der Waals surface area contributed by atoms with Crippen LogP contribution in [-0.4, -0.2) is 28.3 Å². The van der Waals surface area contributed by atoms with Crippen LogP contribution in [-0.2, 0) is 11.3 Å². The fourth-order valence-corrected chi connectivity index (χ4v) is 5.55. The highest BCUT2D eigenvalue weighted by molar-refractivity contribution is 8.03. The quantitative estimate of drug-likeness (QED) is 0.607. The number of carboxylic acids is 1. The van der Waals surface area contributed by atoms with Crippen molar-refractivity contribution in [1.29, 1.82) is 0 Å². The Kier molecular flexibility index (Phi) is 7.05. The lowest BCUT2D eigenvalue weighted by atomic mass is 9.86. The number of hydrogen-bond donors (Lipinski definition) is 1. The van der Waals surface area contributed by atoms with Gasteiger partial charge in [-0.1, -0.05) is 44.2 Å². The summed E-state index contributed by atoms with van der Waals surface area (Å²) >= 11 is 3.46. The first-order valence-corrected chi connectivity index (χ1v) is 11.1. The molecule has 3 rings (SSSR count). The second kappa shape index (κ2) is 9.48. The lowest BCUT2D eigenvalue weighted by Gasteiger charge is -2.29. The Morgan fingerprint density at radius 1 is 1.32 bits per heavy atom. The lowest BCUT2D eigenvalue weighted by Crippen LogP contribution is -2.26. The number of thiophene rings is 1. The summed E-state index contributed by atoms with van der Waals surface area (Å²) in [5.74, 6) is 1.09. The van der Waals surface area contributed by atoms with Crippen LogP contribution in [0.15, 0.2) is 40.3 Å². The van der Waals surface area contributed by atoms with Crippen LogP contribution in [0, 0.1) is 5.92 Å². The largest absolute Gasteiger partial charge is 0.478 e. The summed E-state index contributed by atoms with van der Waals surface area (Å²) in [5.41, 5.74) is 0.450. The van der Waals surface area contributed by atoms with Crippen molar-refractivity contribution in [3.63, 3.8) is 0 Å². The van der Waals surface area contributed by atoms with E-state index in [9.17, 15) is 9.90 Å². The van der Waals surface area contributed by atoms with E-state index in [1.54, 1.807) is 29.2 Å². The van der Waals surface area contributed by atoms with Crippen LogP contribution in [0.25, 0.3) is 0 Å². The minimum atomic E-state index is -0.818. The third-order valence-electron chi connectivity index (χ3n) is 5.01. The summed E-state index contributed by atoms with van der Waals surface area (Å²) in [5, 5.41) is 12.6. The molecule has 1 saturated carbocycles. The van der Waals surface area contributed by atoms with E-state index < -0.39 is 5.97 Å². The minimum absolute atomic E-state index is 0.450. The van der Waals surface area contributed by atoms with E-state index in [1.165, 1.54) is 49.8 Å². The van der Waals surface area contributed by atoms with Crippen LogP contribution in [0.5, 0.6) is 0 Å². The van der Waals surface area contributed by atoms with Gasteiger partial charge in [0.15, 0.2) is 0 Å². The Labute approximate surface area is 158 Å². The van der Waals surface area contributed by atoms with Crippen molar-refractivity contribution in [3.8, 4) is 0 Å². The Morgan fingerprint density at radius 2 is 2.16 bits per heavy atom. The van der Waals surface area contributed by atoms with Gasteiger partial charge in [0.05, 0.1) is 17.1 Å². The summed E-state index contributed by atoms with van der Waals surface area (Å²) < 4.78 is 0. The van der Waals surface area contributed by atoms with Gasteiger partial charge >= 0.3 is 5.97 Å². The summed E-state index contributed by atoms with van der Waals surface area (Å²) in [6, 6.07) is 4.17. The molecule has 2 heterocycles. The van der Waals surface area contributed by atoms with Crippen LogP contribution < -0.4 is 0 Å². The molecule has 1 aromatic rings. The second-order valence-corrected chi connectivity index (χ2v) is 9.00. The molecule has 0 unspecified atom stereocenters. The van der Waals surface area contributed by atoms with Crippen LogP contribution in [0.3, 0.4) is 0 Å². The molecule has 1 N–H and O–H groups in total. The lowest BCUT2D eigenvalue weighted by molar-refractivity contribution is -0.132. The molecule has 0 spiro atoms. The molecule has 136 valence electrons. The monoisotopic (exact) mass is 377 g/mol. The van der Waals surface area contributed by atoms with Gasteiger partial charge in [0.1, 0.15) is 0 Å². The molecule has 1 aromatic heterocycles. The predicted octanol–water partition coefficient (Wildman–Crippen LogP) is 5.51. The van der Waals surface area contributed by atoms with Crippen molar-refractivity contribution < 1.29 is 9.90 Å². The Balaban J connectivity index is 1.58. The van der Waals surface area contributed by atoms with Crippen LogP contribution in [0.4, 0.5) is 0 Å². The van der Waals surface area contributed by atoms with E-state index in [1.807, 2.05) is 6.08 Å². The predicted molar refractivity (Wildman–Crippen MR) is 107 cm³/mol. The second-order valence-electron chi connectivity index (χ2n) is 6.88. The smallest absolute Gasteiger partial charge is 0.338 e. The molecule has 1 aliphatic heterocycles.